The number of carbonyl (C=O) groups is 2. The summed E-state index contributed by atoms with van der Waals surface area (Å²) < 4.78 is 0.806. The minimum atomic E-state index is -0.469. The first-order valence-electron chi connectivity index (χ1n) is 7.78. The first-order chi connectivity index (χ1) is 12.0. The predicted molar refractivity (Wildman–Crippen MR) is 107 cm³/mol. The van der Waals surface area contributed by atoms with E-state index in [2.05, 4.69) is 26.6 Å². The smallest absolute Gasteiger partial charge is 0.257 e. The third-order valence-corrected chi connectivity index (χ3v) is 5.86. The van der Waals surface area contributed by atoms with Gasteiger partial charge < -0.3 is 11.1 Å². The lowest BCUT2D eigenvalue weighted by molar-refractivity contribution is 0.0975. The highest BCUT2D eigenvalue weighted by atomic mass is 79.9. The van der Waals surface area contributed by atoms with Crippen LogP contribution in [0.1, 0.15) is 44.0 Å². The maximum Gasteiger partial charge on any atom is 0.257 e. The fraction of sp³-hybridized carbons (Fsp3) is 0.235. The Kier molecular flexibility index (Phi) is 5.51. The molecule has 1 aliphatic rings. The topological polar surface area (TPSA) is 84.2 Å². The number of rotatable bonds is 3. The third kappa shape index (κ3) is 4.08. The van der Waals surface area contributed by atoms with E-state index in [-0.39, 0.29) is 11.0 Å². The summed E-state index contributed by atoms with van der Waals surface area (Å²) in [5.74, 6) is -0.788. The summed E-state index contributed by atoms with van der Waals surface area (Å²) in [6.07, 6.45) is 3.95. The number of amides is 2. The first kappa shape index (κ1) is 18.0. The van der Waals surface area contributed by atoms with Crippen molar-refractivity contribution in [1.82, 2.24) is 5.32 Å². The van der Waals surface area contributed by atoms with Crippen LogP contribution in [-0.2, 0) is 12.8 Å². The highest BCUT2D eigenvalue weighted by Gasteiger charge is 2.24. The minimum absolute atomic E-state index is 0.145. The molecule has 5 nitrogen and oxygen atoms in total. The Morgan fingerprint density at radius 3 is 2.72 bits per heavy atom. The molecule has 0 radical (unpaired) electrons. The molecule has 25 heavy (non-hydrogen) atoms. The van der Waals surface area contributed by atoms with Gasteiger partial charge in [-0.3, -0.25) is 14.9 Å². The van der Waals surface area contributed by atoms with Gasteiger partial charge in [0.25, 0.3) is 11.8 Å². The van der Waals surface area contributed by atoms with Crippen LogP contribution in [0.3, 0.4) is 0 Å². The Balaban J connectivity index is 1.76. The van der Waals surface area contributed by atoms with Gasteiger partial charge in [0, 0.05) is 14.9 Å². The van der Waals surface area contributed by atoms with E-state index in [0.717, 1.165) is 35.7 Å². The van der Waals surface area contributed by atoms with Gasteiger partial charge in [-0.2, -0.15) is 0 Å². The second-order valence-corrected chi connectivity index (χ2v) is 8.13. The van der Waals surface area contributed by atoms with Gasteiger partial charge in [0.2, 0.25) is 0 Å². The number of hydrogen-bond donors (Lipinski definition) is 3. The van der Waals surface area contributed by atoms with Crippen LogP contribution in [0.5, 0.6) is 0 Å². The molecule has 0 aliphatic heterocycles. The fourth-order valence-corrected chi connectivity index (χ4v) is 4.81. The van der Waals surface area contributed by atoms with Crippen LogP contribution in [0.2, 0.25) is 0 Å². The Hall–Kier alpha value is -1.77. The van der Waals surface area contributed by atoms with E-state index in [1.165, 1.54) is 16.2 Å². The van der Waals surface area contributed by atoms with Gasteiger partial charge in [-0.25, -0.2) is 0 Å². The van der Waals surface area contributed by atoms with Gasteiger partial charge in [0.05, 0.1) is 5.56 Å². The van der Waals surface area contributed by atoms with E-state index in [1.54, 1.807) is 18.2 Å². The van der Waals surface area contributed by atoms with Crippen molar-refractivity contribution in [2.75, 3.05) is 5.32 Å². The fourth-order valence-electron chi connectivity index (χ4n) is 2.85. The summed E-state index contributed by atoms with van der Waals surface area (Å²) in [6.45, 7) is 0. The number of primary amides is 1. The maximum atomic E-state index is 12.3. The van der Waals surface area contributed by atoms with Gasteiger partial charge in [0.1, 0.15) is 5.00 Å². The molecule has 2 amide bonds. The Morgan fingerprint density at radius 2 is 2.00 bits per heavy atom. The lowest BCUT2D eigenvalue weighted by Gasteiger charge is -2.11. The highest BCUT2D eigenvalue weighted by molar-refractivity contribution is 9.10. The highest BCUT2D eigenvalue weighted by Crippen LogP contribution is 2.37. The van der Waals surface area contributed by atoms with Gasteiger partial charge in [-0.15, -0.1) is 11.3 Å². The molecule has 1 heterocycles. The Bertz CT molecular complexity index is 864. The molecule has 1 aliphatic carbocycles. The molecule has 1 aromatic heterocycles. The normalized spacial score (nSPS) is 13.0. The summed E-state index contributed by atoms with van der Waals surface area (Å²) in [4.78, 5) is 25.3. The second kappa shape index (κ2) is 7.63. The molecular weight excluding hydrogens is 422 g/mol. The molecular formula is C17H16BrN3O2S2. The number of aryl methyl sites for hydroxylation is 1. The van der Waals surface area contributed by atoms with E-state index in [1.807, 2.05) is 6.07 Å². The monoisotopic (exact) mass is 437 g/mol. The molecule has 1 aromatic carbocycles. The average molecular weight is 438 g/mol. The first-order valence-corrected chi connectivity index (χ1v) is 9.79. The molecule has 0 atom stereocenters. The van der Waals surface area contributed by atoms with Crippen molar-refractivity contribution < 1.29 is 9.59 Å². The molecule has 8 heteroatoms. The average Bonchev–Trinajstić information content (AvgIpc) is 2.92. The number of fused-ring (bicyclic) bond motifs is 1. The Morgan fingerprint density at radius 1 is 1.24 bits per heavy atom. The summed E-state index contributed by atoms with van der Waals surface area (Å²) in [6, 6.07) is 7.01. The molecule has 0 fully saturated rings. The Labute approximate surface area is 163 Å². The second-order valence-electron chi connectivity index (χ2n) is 5.70. The van der Waals surface area contributed by atoms with Gasteiger partial charge >= 0.3 is 0 Å². The number of anilines is 1. The molecule has 3 rings (SSSR count). The number of thiophene rings is 1. The van der Waals surface area contributed by atoms with Crippen molar-refractivity contribution in [2.45, 2.75) is 25.7 Å². The van der Waals surface area contributed by atoms with Crippen LogP contribution in [-0.4, -0.2) is 16.9 Å². The number of nitrogens with one attached hydrogen (secondary N) is 2. The quantitative estimate of drug-likeness (QED) is 0.640. The number of hydrogen-bond acceptors (Lipinski definition) is 4. The van der Waals surface area contributed by atoms with Crippen molar-refractivity contribution in [3.05, 3.63) is 50.3 Å². The van der Waals surface area contributed by atoms with Crippen LogP contribution < -0.4 is 16.4 Å². The summed E-state index contributed by atoms with van der Waals surface area (Å²) in [5, 5.41) is 6.36. The number of nitrogens with two attached hydrogens (primary N) is 1. The summed E-state index contributed by atoms with van der Waals surface area (Å²) in [7, 11) is 0. The number of carbonyl (C=O) groups excluding carboxylic acids is 2. The van der Waals surface area contributed by atoms with Crippen LogP contribution in [0.25, 0.3) is 0 Å². The van der Waals surface area contributed by atoms with Crippen molar-refractivity contribution in [3.8, 4) is 0 Å². The van der Waals surface area contributed by atoms with Crippen molar-refractivity contribution in [3.63, 3.8) is 0 Å². The van der Waals surface area contributed by atoms with Crippen LogP contribution in [0, 0.1) is 0 Å². The van der Waals surface area contributed by atoms with Crippen LogP contribution in [0.15, 0.2) is 28.7 Å². The van der Waals surface area contributed by atoms with E-state index in [4.69, 9.17) is 18.0 Å². The molecule has 0 saturated heterocycles. The standard InChI is InChI=1S/C17H16BrN3O2S2/c18-10-5-3-4-9(8-10)15(23)20-17(24)21-16-13(14(19)22)11-6-1-2-7-12(11)25-16/h3-5,8H,1-2,6-7H2,(H2,19,22)(H2,20,21,23,24). The third-order valence-electron chi connectivity index (χ3n) is 3.96. The zero-order valence-corrected chi connectivity index (χ0v) is 16.4. The van der Waals surface area contributed by atoms with Gasteiger partial charge in [-0.05, 0) is 61.7 Å². The van der Waals surface area contributed by atoms with E-state index in [9.17, 15) is 9.59 Å². The predicted octanol–water partition coefficient (Wildman–Crippen LogP) is 3.62. The molecule has 4 N–H and O–H groups in total. The largest absolute Gasteiger partial charge is 0.365 e. The zero-order chi connectivity index (χ0) is 18.0. The van der Waals surface area contributed by atoms with Gasteiger partial charge in [0.15, 0.2) is 5.11 Å². The molecule has 2 aromatic rings. The van der Waals surface area contributed by atoms with Crippen molar-refractivity contribution in [2.24, 2.45) is 5.73 Å². The number of benzene rings is 1. The van der Waals surface area contributed by atoms with E-state index >= 15 is 0 Å². The van der Waals surface area contributed by atoms with Crippen molar-refractivity contribution in [1.29, 1.82) is 0 Å². The number of halogens is 1. The molecule has 130 valence electrons. The van der Waals surface area contributed by atoms with Crippen LogP contribution >= 0.6 is 39.5 Å². The molecule has 0 unspecified atom stereocenters. The lowest BCUT2D eigenvalue weighted by Crippen LogP contribution is -2.34. The maximum absolute atomic E-state index is 12.3. The lowest BCUT2D eigenvalue weighted by atomic mass is 9.95. The molecule has 0 saturated carbocycles. The zero-order valence-electron chi connectivity index (χ0n) is 13.2. The summed E-state index contributed by atoms with van der Waals surface area (Å²) >= 11 is 10.0. The van der Waals surface area contributed by atoms with Crippen LogP contribution in [0.4, 0.5) is 5.00 Å². The molecule has 0 bridgehead atoms. The molecule has 0 spiro atoms. The summed E-state index contributed by atoms with van der Waals surface area (Å²) in [5.41, 5.74) is 7.56. The SMILES string of the molecule is NC(=O)c1c(NC(=S)NC(=O)c2cccc(Br)c2)sc2c1CCCC2. The minimum Gasteiger partial charge on any atom is -0.365 e. The van der Waals surface area contributed by atoms with Crippen molar-refractivity contribution >= 4 is 61.4 Å². The van der Waals surface area contributed by atoms with Gasteiger partial charge in [-0.1, -0.05) is 22.0 Å². The van der Waals surface area contributed by atoms with E-state index < -0.39 is 5.91 Å². The number of thiocarbonyl (C=S) groups is 1. The van der Waals surface area contributed by atoms with E-state index in [0.29, 0.717) is 16.1 Å².